The van der Waals surface area contributed by atoms with Crippen LogP contribution in [0.25, 0.3) is 0 Å². The number of carbonyl (C=O) groups excluding carboxylic acids is 1. The Morgan fingerprint density at radius 3 is 2.48 bits per heavy atom. The zero-order valence-corrected chi connectivity index (χ0v) is 11.5. The normalized spacial score (nSPS) is 11.5. The van der Waals surface area contributed by atoms with Crippen molar-refractivity contribution in [2.75, 3.05) is 6.61 Å². The molecule has 0 radical (unpaired) electrons. The SMILES string of the molecule is Cc1ccccc1OCCC(=O)NC(CC(=O)O)C(=O)O. The van der Waals surface area contributed by atoms with Gasteiger partial charge in [-0.05, 0) is 18.6 Å². The van der Waals surface area contributed by atoms with Crippen LogP contribution in [0.3, 0.4) is 0 Å². The Labute approximate surface area is 121 Å². The standard InChI is InChI=1S/C14H17NO6/c1-9-4-2-3-5-11(9)21-7-6-12(16)15-10(14(19)20)8-13(17)18/h2-5,10H,6-8H2,1H3,(H,15,16)(H,17,18)(H,19,20). The van der Waals surface area contributed by atoms with E-state index in [1.54, 1.807) is 12.1 Å². The van der Waals surface area contributed by atoms with Crippen molar-refractivity contribution in [1.82, 2.24) is 5.32 Å². The lowest BCUT2D eigenvalue weighted by molar-refractivity contribution is -0.147. The molecule has 0 aliphatic rings. The molecule has 1 amide bonds. The highest BCUT2D eigenvalue weighted by atomic mass is 16.5. The summed E-state index contributed by atoms with van der Waals surface area (Å²) < 4.78 is 5.41. The molecule has 7 heteroatoms. The third kappa shape index (κ3) is 5.94. The van der Waals surface area contributed by atoms with Crippen molar-refractivity contribution >= 4 is 17.8 Å². The molecule has 0 spiro atoms. The van der Waals surface area contributed by atoms with Gasteiger partial charge in [0.25, 0.3) is 0 Å². The van der Waals surface area contributed by atoms with E-state index in [0.717, 1.165) is 5.56 Å². The molecule has 7 nitrogen and oxygen atoms in total. The van der Waals surface area contributed by atoms with E-state index in [1.807, 2.05) is 19.1 Å². The van der Waals surface area contributed by atoms with E-state index in [-0.39, 0.29) is 13.0 Å². The summed E-state index contributed by atoms with van der Waals surface area (Å²) in [4.78, 5) is 32.9. The van der Waals surface area contributed by atoms with E-state index < -0.39 is 30.3 Å². The molecule has 0 saturated heterocycles. The molecule has 0 aliphatic heterocycles. The third-order valence-electron chi connectivity index (χ3n) is 2.69. The van der Waals surface area contributed by atoms with Crippen molar-refractivity contribution in [1.29, 1.82) is 0 Å². The molecule has 21 heavy (non-hydrogen) atoms. The minimum absolute atomic E-state index is 0.0578. The fourth-order valence-electron chi connectivity index (χ4n) is 1.61. The average molecular weight is 295 g/mol. The first-order valence-corrected chi connectivity index (χ1v) is 6.32. The average Bonchev–Trinajstić information content (AvgIpc) is 2.39. The van der Waals surface area contributed by atoms with E-state index in [2.05, 4.69) is 5.32 Å². The number of hydrogen-bond acceptors (Lipinski definition) is 4. The Kier molecular flexibility index (Phi) is 6.19. The van der Waals surface area contributed by atoms with E-state index in [9.17, 15) is 14.4 Å². The highest BCUT2D eigenvalue weighted by Crippen LogP contribution is 2.16. The van der Waals surface area contributed by atoms with Crippen LogP contribution in [-0.4, -0.2) is 40.7 Å². The van der Waals surface area contributed by atoms with Crippen molar-refractivity contribution in [2.45, 2.75) is 25.8 Å². The highest BCUT2D eigenvalue weighted by Gasteiger charge is 2.22. The van der Waals surface area contributed by atoms with Crippen molar-refractivity contribution in [3.8, 4) is 5.75 Å². The molecule has 3 N–H and O–H groups in total. The molecule has 0 fully saturated rings. The minimum Gasteiger partial charge on any atom is -0.493 e. The molecule has 0 aromatic heterocycles. The lowest BCUT2D eigenvalue weighted by atomic mass is 10.2. The quantitative estimate of drug-likeness (QED) is 0.654. The topological polar surface area (TPSA) is 113 Å². The Balaban J connectivity index is 2.41. The van der Waals surface area contributed by atoms with Gasteiger partial charge in [-0.1, -0.05) is 18.2 Å². The number of rotatable bonds is 8. The lowest BCUT2D eigenvalue weighted by Gasteiger charge is -2.13. The number of hydrogen-bond donors (Lipinski definition) is 3. The minimum atomic E-state index is -1.44. The number of aliphatic carboxylic acids is 2. The monoisotopic (exact) mass is 295 g/mol. The highest BCUT2D eigenvalue weighted by molar-refractivity contribution is 5.86. The van der Waals surface area contributed by atoms with Gasteiger partial charge in [-0.25, -0.2) is 4.79 Å². The molecule has 114 valence electrons. The molecule has 0 heterocycles. The van der Waals surface area contributed by atoms with Gasteiger partial charge in [0, 0.05) is 0 Å². The zero-order chi connectivity index (χ0) is 15.8. The van der Waals surface area contributed by atoms with Gasteiger partial charge in [0.15, 0.2) is 0 Å². The van der Waals surface area contributed by atoms with Crippen LogP contribution >= 0.6 is 0 Å². The molecule has 0 saturated carbocycles. The van der Waals surface area contributed by atoms with Crippen LogP contribution in [0.5, 0.6) is 5.75 Å². The van der Waals surface area contributed by atoms with Gasteiger partial charge in [0.2, 0.25) is 5.91 Å². The summed E-state index contributed by atoms with van der Waals surface area (Å²) in [6, 6.07) is 5.85. The number of aryl methyl sites for hydroxylation is 1. The number of amides is 1. The van der Waals surface area contributed by atoms with E-state index in [4.69, 9.17) is 14.9 Å². The Morgan fingerprint density at radius 2 is 1.90 bits per heavy atom. The van der Waals surface area contributed by atoms with Crippen LogP contribution in [-0.2, 0) is 14.4 Å². The second kappa shape index (κ2) is 7.88. The van der Waals surface area contributed by atoms with E-state index in [1.165, 1.54) is 0 Å². The first-order chi connectivity index (χ1) is 9.90. The summed E-state index contributed by atoms with van der Waals surface area (Å²) in [5, 5.41) is 19.5. The maximum Gasteiger partial charge on any atom is 0.326 e. The maximum atomic E-state index is 11.6. The third-order valence-corrected chi connectivity index (χ3v) is 2.69. The van der Waals surface area contributed by atoms with Gasteiger partial charge < -0.3 is 20.3 Å². The number of nitrogens with one attached hydrogen (secondary N) is 1. The van der Waals surface area contributed by atoms with E-state index >= 15 is 0 Å². The van der Waals surface area contributed by atoms with Crippen molar-refractivity contribution < 1.29 is 29.3 Å². The largest absolute Gasteiger partial charge is 0.493 e. The molecule has 0 aliphatic carbocycles. The number of carboxylic acids is 2. The fraction of sp³-hybridized carbons (Fsp3) is 0.357. The molecule has 0 bridgehead atoms. The van der Waals surface area contributed by atoms with Crippen molar-refractivity contribution in [3.63, 3.8) is 0 Å². The van der Waals surface area contributed by atoms with Crippen LogP contribution in [0.2, 0.25) is 0 Å². The summed E-state index contributed by atoms with van der Waals surface area (Å²) >= 11 is 0. The van der Waals surface area contributed by atoms with Gasteiger partial charge in [-0.3, -0.25) is 9.59 Å². The lowest BCUT2D eigenvalue weighted by Crippen LogP contribution is -2.42. The van der Waals surface area contributed by atoms with Crippen LogP contribution in [0.4, 0.5) is 0 Å². The molecule has 1 unspecified atom stereocenters. The second-order valence-electron chi connectivity index (χ2n) is 4.42. The molecular formula is C14H17NO6. The predicted molar refractivity (Wildman–Crippen MR) is 73.1 cm³/mol. The fourth-order valence-corrected chi connectivity index (χ4v) is 1.61. The van der Waals surface area contributed by atoms with Crippen molar-refractivity contribution in [3.05, 3.63) is 29.8 Å². The number of carbonyl (C=O) groups is 3. The van der Waals surface area contributed by atoms with Gasteiger partial charge in [0.1, 0.15) is 11.8 Å². The predicted octanol–water partition coefficient (Wildman–Crippen LogP) is 0.808. The van der Waals surface area contributed by atoms with Crippen LogP contribution in [0.15, 0.2) is 24.3 Å². The Morgan fingerprint density at radius 1 is 1.24 bits per heavy atom. The summed E-state index contributed by atoms with van der Waals surface area (Å²) in [5.41, 5.74) is 0.923. The van der Waals surface area contributed by atoms with Gasteiger partial charge in [-0.2, -0.15) is 0 Å². The first kappa shape index (κ1) is 16.5. The number of carboxylic acid groups (broad SMARTS) is 2. The summed E-state index contributed by atoms with van der Waals surface area (Å²) in [7, 11) is 0. The maximum absolute atomic E-state index is 11.6. The van der Waals surface area contributed by atoms with Gasteiger partial charge >= 0.3 is 11.9 Å². The number of ether oxygens (including phenoxy) is 1. The van der Waals surface area contributed by atoms with Gasteiger partial charge in [-0.15, -0.1) is 0 Å². The van der Waals surface area contributed by atoms with Crippen LogP contribution in [0, 0.1) is 6.92 Å². The number of benzene rings is 1. The molecule has 1 aromatic carbocycles. The second-order valence-corrected chi connectivity index (χ2v) is 4.42. The molecule has 1 aromatic rings. The summed E-state index contributed by atoms with van der Waals surface area (Å²) in [6.07, 6.45) is -0.725. The zero-order valence-electron chi connectivity index (χ0n) is 11.5. The van der Waals surface area contributed by atoms with E-state index in [0.29, 0.717) is 5.75 Å². The number of para-hydroxylation sites is 1. The van der Waals surface area contributed by atoms with Crippen LogP contribution in [0.1, 0.15) is 18.4 Å². The molecule has 1 atom stereocenters. The summed E-state index contributed by atoms with van der Waals surface area (Å²) in [5.74, 6) is -2.60. The van der Waals surface area contributed by atoms with Gasteiger partial charge in [0.05, 0.1) is 19.4 Å². The first-order valence-electron chi connectivity index (χ1n) is 6.32. The molecular weight excluding hydrogens is 278 g/mol. The van der Waals surface area contributed by atoms with Crippen molar-refractivity contribution in [2.24, 2.45) is 0 Å². The Hall–Kier alpha value is -2.57. The van der Waals surface area contributed by atoms with Crippen LogP contribution < -0.4 is 10.1 Å². The molecule has 1 rings (SSSR count). The Bertz CT molecular complexity index is 528. The summed E-state index contributed by atoms with van der Waals surface area (Å²) in [6.45, 7) is 1.94. The smallest absolute Gasteiger partial charge is 0.326 e.